The minimum absolute atomic E-state index is 0.187. The van der Waals surface area contributed by atoms with Crippen molar-refractivity contribution < 1.29 is 4.79 Å². The van der Waals surface area contributed by atoms with Crippen molar-refractivity contribution in [3.63, 3.8) is 0 Å². The molecule has 0 saturated carbocycles. The summed E-state index contributed by atoms with van der Waals surface area (Å²) in [6.45, 7) is 0. The van der Waals surface area contributed by atoms with Crippen LogP contribution in [0.5, 0.6) is 0 Å². The summed E-state index contributed by atoms with van der Waals surface area (Å²) in [4.78, 5) is 14.6. The van der Waals surface area contributed by atoms with Crippen LogP contribution in [0, 0.1) is 0 Å². The zero-order chi connectivity index (χ0) is 16.6. The number of rotatable bonds is 2. The largest absolute Gasteiger partial charge is 0.270 e. The van der Waals surface area contributed by atoms with E-state index in [9.17, 15) is 4.79 Å². The first-order valence-corrected chi connectivity index (χ1v) is 8.80. The summed E-state index contributed by atoms with van der Waals surface area (Å²) in [5.74, 6) is -0.187. The lowest BCUT2D eigenvalue weighted by molar-refractivity contribution is -0.113. The number of amides is 1. The third-order valence-corrected chi connectivity index (χ3v) is 5.42. The number of anilines is 1. The van der Waals surface area contributed by atoms with E-state index >= 15 is 0 Å². The Morgan fingerprint density at radius 3 is 2.35 bits per heavy atom. The molecule has 1 saturated heterocycles. The molecule has 116 valence electrons. The Balaban J connectivity index is 1.93. The molecule has 0 N–H and O–H groups in total. The molecule has 0 spiro atoms. The zero-order valence-electron chi connectivity index (χ0n) is 11.4. The minimum Gasteiger partial charge on any atom is -0.268 e. The predicted molar refractivity (Wildman–Crippen MR) is 104 cm³/mol. The number of carbonyl (C=O) groups excluding carboxylic acids is 1. The zero-order valence-corrected chi connectivity index (χ0v) is 15.3. The summed E-state index contributed by atoms with van der Waals surface area (Å²) in [6.07, 6.45) is 1.78. The van der Waals surface area contributed by atoms with Gasteiger partial charge in [-0.25, -0.2) is 0 Å². The summed E-state index contributed by atoms with van der Waals surface area (Å²) in [7, 11) is 0. The summed E-state index contributed by atoms with van der Waals surface area (Å²) in [5.41, 5.74) is 1.48. The average Bonchev–Trinajstić information content (AvgIpc) is 2.79. The molecule has 3 rings (SSSR count). The van der Waals surface area contributed by atoms with E-state index in [0.717, 1.165) is 5.56 Å². The molecular weight excluding hydrogens is 393 g/mol. The molecule has 1 aliphatic rings. The first-order chi connectivity index (χ1) is 11.0. The fraction of sp³-hybridized carbons (Fsp3) is 0. The molecule has 1 amide bonds. The van der Waals surface area contributed by atoms with Gasteiger partial charge in [-0.05, 0) is 42.0 Å². The van der Waals surface area contributed by atoms with Gasteiger partial charge >= 0.3 is 0 Å². The van der Waals surface area contributed by atoms with Crippen molar-refractivity contribution in [2.24, 2.45) is 0 Å². The SMILES string of the molecule is O=C1/C(=C/c2ccc(Cl)cc2)SC(=S)N1c1ccc(Cl)c(Cl)c1. The van der Waals surface area contributed by atoms with E-state index in [1.165, 1.54) is 16.7 Å². The normalized spacial score (nSPS) is 16.5. The van der Waals surface area contributed by atoms with Crippen LogP contribution in [0.3, 0.4) is 0 Å². The summed E-state index contributed by atoms with van der Waals surface area (Å²) >= 11 is 24.4. The van der Waals surface area contributed by atoms with E-state index in [-0.39, 0.29) is 5.91 Å². The van der Waals surface area contributed by atoms with Gasteiger partial charge < -0.3 is 0 Å². The molecule has 2 nitrogen and oxygen atoms in total. The van der Waals surface area contributed by atoms with E-state index in [2.05, 4.69) is 0 Å². The highest BCUT2D eigenvalue weighted by atomic mass is 35.5. The van der Waals surface area contributed by atoms with E-state index in [0.29, 0.717) is 30.0 Å². The Morgan fingerprint density at radius 1 is 1.00 bits per heavy atom. The first kappa shape index (κ1) is 16.8. The number of nitrogens with zero attached hydrogens (tertiary/aromatic N) is 1. The van der Waals surface area contributed by atoms with Crippen molar-refractivity contribution in [1.82, 2.24) is 0 Å². The Labute approximate surface area is 158 Å². The summed E-state index contributed by atoms with van der Waals surface area (Å²) in [6, 6.07) is 12.2. The molecule has 2 aromatic rings. The highest BCUT2D eigenvalue weighted by Gasteiger charge is 2.33. The van der Waals surface area contributed by atoms with Crippen LogP contribution in [0.15, 0.2) is 47.4 Å². The molecule has 0 atom stereocenters. The third kappa shape index (κ3) is 3.57. The Hall–Kier alpha value is -1.04. The standard InChI is InChI=1S/C16H8Cl3NOS2/c17-10-3-1-9(2-4-10)7-14-15(21)20(16(22)23-14)11-5-6-12(18)13(19)8-11/h1-8H/b14-7-. The topological polar surface area (TPSA) is 20.3 Å². The Bertz CT molecular complexity index is 834. The lowest BCUT2D eigenvalue weighted by Crippen LogP contribution is -2.27. The number of carbonyl (C=O) groups is 1. The van der Waals surface area contributed by atoms with Gasteiger partial charge in [-0.15, -0.1) is 0 Å². The quantitative estimate of drug-likeness (QED) is 0.452. The van der Waals surface area contributed by atoms with Crippen LogP contribution in [0.4, 0.5) is 5.69 Å². The number of benzene rings is 2. The average molecular weight is 401 g/mol. The highest BCUT2D eigenvalue weighted by molar-refractivity contribution is 8.27. The van der Waals surface area contributed by atoms with Crippen LogP contribution in [0.2, 0.25) is 15.1 Å². The fourth-order valence-electron chi connectivity index (χ4n) is 2.02. The summed E-state index contributed by atoms with van der Waals surface area (Å²) < 4.78 is 0.452. The maximum absolute atomic E-state index is 12.6. The molecule has 23 heavy (non-hydrogen) atoms. The van der Waals surface area contributed by atoms with Crippen molar-refractivity contribution in [3.05, 3.63) is 68.0 Å². The molecule has 0 bridgehead atoms. The molecule has 2 aromatic carbocycles. The number of thiocarbonyl (C=S) groups is 1. The molecule has 0 unspecified atom stereocenters. The van der Waals surface area contributed by atoms with Crippen LogP contribution in [-0.4, -0.2) is 10.2 Å². The molecular formula is C16H8Cl3NOS2. The fourth-order valence-corrected chi connectivity index (χ4v) is 3.74. The van der Waals surface area contributed by atoms with E-state index in [4.69, 9.17) is 47.0 Å². The van der Waals surface area contributed by atoms with Crippen molar-refractivity contribution in [1.29, 1.82) is 0 Å². The monoisotopic (exact) mass is 399 g/mol. The molecule has 0 aliphatic carbocycles. The maximum atomic E-state index is 12.6. The molecule has 1 heterocycles. The molecule has 1 aliphatic heterocycles. The maximum Gasteiger partial charge on any atom is 0.270 e. The van der Waals surface area contributed by atoms with Gasteiger partial charge in [0.1, 0.15) is 0 Å². The van der Waals surface area contributed by atoms with E-state index in [1.54, 1.807) is 36.4 Å². The lowest BCUT2D eigenvalue weighted by Gasteiger charge is -2.15. The first-order valence-electron chi connectivity index (χ1n) is 6.44. The van der Waals surface area contributed by atoms with Gasteiger partial charge in [-0.1, -0.05) is 70.9 Å². The molecule has 0 aromatic heterocycles. The Kier molecular flexibility index (Phi) is 4.99. The van der Waals surface area contributed by atoms with Crippen molar-refractivity contribution in [2.45, 2.75) is 0 Å². The smallest absolute Gasteiger partial charge is 0.268 e. The second kappa shape index (κ2) is 6.83. The minimum atomic E-state index is -0.187. The van der Waals surface area contributed by atoms with E-state index in [1.807, 2.05) is 12.1 Å². The van der Waals surface area contributed by atoms with Crippen LogP contribution in [0.1, 0.15) is 5.56 Å². The second-order valence-corrected chi connectivity index (χ2v) is 7.59. The van der Waals surface area contributed by atoms with Crippen LogP contribution < -0.4 is 4.90 Å². The van der Waals surface area contributed by atoms with Gasteiger partial charge in [0.15, 0.2) is 4.32 Å². The van der Waals surface area contributed by atoms with Gasteiger partial charge in [0, 0.05) is 5.02 Å². The summed E-state index contributed by atoms with van der Waals surface area (Å²) in [5, 5.41) is 1.45. The van der Waals surface area contributed by atoms with Crippen molar-refractivity contribution in [2.75, 3.05) is 4.90 Å². The van der Waals surface area contributed by atoms with Gasteiger partial charge in [-0.3, -0.25) is 9.69 Å². The molecule has 1 fully saturated rings. The Morgan fingerprint density at radius 2 is 1.70 bits per heavy atom. The predicted octanol–water partition coefficient (Wildman–Crippen LogP) is 6.05. The number of halogens is 3. The second-order valence-electron chi connectivity index (χ2n) is 4.67. The molecule has 0 radical (unpaired) electrons. The number of hydrogen-bond acceptors (Lipinski definition) is 3. The third-order valence-electron chi connectivity index (χ3n) is 3.12. The number of hydrogen-bond donors (Lipinski definition) is 0. The van der Waals surface area contributed by atoms with Gasteiger partial charge in [0.2, 0.25) is 0 Å². The highest BCUT2D eigenvalue weighted by Crippen LogP contribution is 2.37. The van der Waals surface area contributed by atoms with Crippen LogP contribution in [-0.2, 0) is 4.79 Å². The van der Waals surface area contributed by atoms with Crippen molar-refractivity contribution in [3.8, 4) is 0 Å². The van der Waals surface area contributed by atoms with E-state index < -0.39 is 0 Å². The van der Waals surface area contributed by atoms with Crippen LogP contribution in [0.25, 0.3) is 6.08 Å². The lowest BCUT2D eigenvalue weighted by atomic mass is 10.2. The molecule has 7 heteroatoms. The van der Waals surface area contributed by atoms with Crippen molar-refractivity contribution >= 4 is 80.8 Å². The van der Waals surface area contributed by atoms with Gasteiger partial charge in [-0.2, -0.15) is 0 Å². The van der Waals surface area contributed by atoms with Crippen LogP contribution >= 0.6 is 58.8 Å². The van der Waals surface area contributed by atoms with Gasteiger partial charge in [0.05, 0.1) is 20.6 Å². The number of thioether (sulfide) groups is 1. The van der Waals surface area contributed by atoms with Gasteiger partial charge in [0.25, 0.3) is 5.91 Å².